The molecule has 2 aliphatic carbocycles. The molecule has 0 heterocycles. The second-order valence-corrected chi connectivity index (χ2v) is 4.51. The molecule has 0 nitrogen and oxygen atoms in total. The third kappa shape index (κ3) is 0.980. The molecule has 2 saturated carbocycles. The Labute approximate surface area is 64.0 Å². The Balaban J connectivity index is 1.73. The molecule has 2 fully saturated rings. The summed E-state index contributed by atoms with van der Waals surface area (Å²) in [5.74, 6) is 2.15. The van der Waals surface area contributed by atoms with Crippen molar-refractivity contribution in [2.24, 2.45) is 17.3 Å². The normalized spacial score (nSPS) is 36.0. The van der Waals surface area contributed by atoms with Crippen molar-refractivity contribution in [2.45, 2.75) is 46.0 Å². The van der Waals surface area contributed by atoms with Gasteiger partial charge in [-0.3, -0.25) is 0 Å². The van der Waals surface area contributed by atoms with E-state index in [1.165, 1.54) is 12.8 Å². The van der Waals surface area contributed by atoms with Gasteiger partial charge >= 0.3 is 0 Å². The van der Waals surface area contributed by atoms with Gasteiger partial charge in [0.05, 0.1) is 0 Å². The molecule has 0 bridgehead atoms. The van der Waals surface area contributed by atoms with Crippen LogP contribution < -0.4 is 0 Å². The van der Waals surface area contributed by atoms with Gasteiger partial charge in [0.1, 0.15) is 0 Å². The van der Waals surface area contributed by atoms with E-state index in [4.69, 9.17) is 0 Å². The largest absolute Gasteiger partial charge is 0.0651 e. The Morgan fingerprint density at radius 1 is 1.50 bits per heavy atom. The summed E-state index contributed by atoms with van der Waals surface area (Å²) in [6.07, 6.45) is 7.61. The van der Waals surface area contributed by atoms with Crippen molar-refractivity contribution < 1.29 is 0 Å². The molecule has 2 aliphatic rings. The fourth-order valence-electron chi connectivity index (χ4n) is 2.19. The molecule has 0 aromatic carbocycles. The molecule has 0 aromatic heterocycles. The number of hydrogen-bond acceptors (Lipinski definition) is 0. The maximum Gasteiger partial charge on any atom is -0.0266 e. The van der Waals surface area contributed by atoms with Crippen molar-refractivity contribution in [3.8, 4) is 0 Å². The summed E-state index contributed by atoms with van der Waals surface area (Å²) in [5, 5.41) is 0. The van der Waals surface area contributed by atoms with Crippen LogP contribution >= 0.6 is 0 Å². The van der Waals surface area contributed by atoms with E-state index < -0.39 is 0 Å². The smallest absolute Gasteiger partial charge is 0.0266 e. The van der Waals surface area contributed by atoms with Crippen LogP contribution in [0.4, 0.5) is 0 Å². The number of hydrogen-bond donors (Lipinski definition) is 0. The monoisotopic (exact) mass is 138 g/mol. The van der Waals surface area contributed by atoms with E-state index in [1.54, 1.807) is 19.3 Å². The zero-order chi connectivity index (χ0) is 7.19. The Kier molecular flexibility index (Phi) is 1.33. The van der Waals surface area contributed by atoms with Crippen LogP contribution in [0.1, 0.15) is 46.0 Å². The minimum atomic E-state index is 0.948. The molecule has 0 aliphatic heterocycles. The molecule has 58 valence electrons. The highest BCUT2D eigenvalue weighted by Crippen LogP contribution is 2.72. The summed E-state index contributed by atoms with van der Waals surface area (Å²) in [5.41, 5.74) is 0.948. The van der Waals surface area contributed by atoms with Crippen molar-refractivity contribution in [1.29, 1.82) is 0 Å². The Bertz CT molecular complexity index is 133. The molecule has 0 heteroatoms. The second kappa shape index (κ2) is 1.99. The van der Waals surface area contributed by atoms with Gasteiger partial charge in [-0.1, -0.05) is 20.3 Å². The highest BCUT2D eigenvalue weighted by Gasteiger charge is 2.61. The summed E-state index contributed by atoms with van der Waals surface area (Å²) in [6, 6.07) is 0. The first-order valence-electron chi connectivity index (χ1n) is 4.77. The van der Waals surface area contributed by atoms with Gasteiger partial charge in [-0.2, -0.15) is 0 Å². The lowest BCUT2D eigenvalue weighted by Gasteiger charge is -2.05. The molecule has 0 radical (unpaired) electrons. The van der Waals surface area contributed by atoms with Crippen molar-refractivity contribution >= 4 is 0 Å². The van der Waals surface area contributed by atoms with Crippen molar-refractivity contribution in [3.05, 3.63) is 0 Å². The zero-order valence-electron chi connectivity index (χ0n) is 7.19. The fraction of sp³-hybridized carbons (Fsp3) is 1.00. The SMILES string of the molecule is CCC(C)CC1CC12CC2. The fourth-order valence-corrected chi connectivity index (χ4v) is 2.19. The van der Waals surface area contributed by atoms with Gasteiger partial charge in [0.2, 0.25) is 0 Å². The Morgan fingerprint density at radius 3 is 2.60 bits per heavy atom. The van der Waals surface area contributed by atoms with Crippen LogP contribution in [0.25, 0.3) is 0 Å². The van der Waals surface area contributed by atoms with Gasteiger partial charge in [-0.15, -0.1) is 0 Å². The summed E-state index contributed by atoms with van der Waals surface area (Å²) < 4.78 is 0. The average molecular weight is 138 g/mol. The predicted octanol–water partition coefficient (Wildman–Crippen LogP) is 3.22. The minimum absolute atomic E-state index is 0.948. The van der Waals surface area contributed by atoms with Gasteiger partial charge in [-0.05, 0) is 42.9 Å². The molecular formula is C10H18. The van der Waals surface area contributed by atoms with Crippen molar-refractivity contribution in [2.75, 3.05) is 0 Å². The van der Waals surface area contributed by atoms with E-state index in [9.17, 15) is 0 Å². The van der Waals surface area contributed by atoms with E-state index in [0.29, 0.717) is 0 Å². The quantitative estimate of drug-likeness (QED) is 0.561. The Hall–Kier alpha value is 0. The van der Waals surface area contributed by atoms with Crippen LogP contribution in [-0.4, -0.2) is 0 Å². The van der Waals surface area contributed by atoms with Gasteiger partial charge in [0.15, 0.2) is 0 Å². The first kappa shape index (κ1) is 6.69. The first-order valence-corrected chi connectivity index (χ1v) is 4.77. The highest BCUT2D eigenvalue weighted by molar-refractivity contribution is 5.12. The molecule has 0 saturated heterocycles. The third-order valence-electron chi connectivity index (χ3n) is 3.63. The topological polar surface area (TPSA) is 0 Å². The van der Waals surface area contributed by atoms with Gasteiger partial charge in [0.25, 0.3) is 0 Å². The molecule has 2 rings (SSSR count). The standard InChI is InChI=1S/C10H18/c1-3-8(2)6-9-7-10(9)4-5-10/h8-9H,3-7H2,1-2H3. The summed E-state index contributed by atoms with van der Waals surface area (Å²) in [6.45, 7) is 4.71. The van der Waals surface area contributed by atoms with Crippen LogP contribution in [0.5, 0.6) is 0 Å². The van der Waals surface area contributed by atoms with E-state index in [-0.39, 0.29) is 0 Å². The van der Waals surface area contributed by atoms with Gasteiger partial charge in [0, 0.05) is 0 Å². The van der Waals surface area contributed by atoms with Crippen LogP contribution in [0, 0.1) is 17.3 Å². The van der Waals surface area contributed by atoms with Crippen LogP contribution in [0.3, 0.4) is 0 Å². The van der Waals surface area contributed by atoms with Crippen molar-refractivity contribution in [3.63, 3.8) is 0 Å². The van der Waals surface area contributed by atoms with E-state index >= 15 is 0 Å². The first-order chi connectivity index (χ1) is 4.77. The van der Waals surface area contributed by atoms with Crippen LogP contribution in [0.15, 0.2) is 0 Å². The lowest BCUT2D eigenvalue weighted by atomic mass is 10.0. The van der Waals surface area contributed by atoms with E-state index in [1.807, 2.05) is 0 Å². The molecule has 0 aromatic rings. The van der Waals surface area contributed by atoms with Gasteiger partial charge < -0.3 is 0 Å². The molecule has 1 spiro atoms. The average Bonchev–Trinajstić information content (AvgIpc) is 2.78. The van der Waals surface area contributed by atoms with Gasteiger partial charge in [-0.25, -0.2) is 0 Å². The summed E-state index contributed by atoms with van der Waals surface area (Å²) in [7, 11) is 0. The van der Waals surface area contributed by atoms with E-state index in [0.717, 1.165) is 17.3 Å². The molecule has 0 N–H and O–H groups in total. The Morgan fingerprint density at radius 2 is 2.20 bits per heavy atom. The molecule has 2 unspecified atom stereocenters. The molecule has 0 amide bonds. The number of rotatable bonds is 3. The third-order valence-corrected chi connectivity index (χ3v) is 3.63. The predicted molar refractivity (Wildman–Crippen MR) is 43.8 cm³/mol. The minimum Gasteiger partial charge on any atom is -0.0651 e. The summed E-state index contributed by atoms with van der Waals surface area (Å²) >= 11 is 0. The van der Waals surface area contributed by atoms with E-state index in [2.05, 4.69) is 13.8 Å². The second-order valence-electron chi connectivity index (χ2n) is 4.51. The molecule has 2 atom stereocenters. The van der Waals surface area contributed by atoms with Crippen LogP contribution in [0.2, 0.25) is 0 Å². The molecule has 10 heavy (non-hydrogen) atoms. The highest BCUT2D eigenvalue weighted by atomic mass is 14.7. The van der Waals surface area contributed by atoms with Crippen LogP contribution in [-0.2, 0) is 0 Å². The zero-order valence-corrected chi connectivity index (χ0v) is 7.19. The summed E-state index contributed by atoms with van der Waals surface area (Å²) in [4.78, 5) is 0. The maximum atomic E-state index is 2.40. The molecular weight excluding hydrogens is 120 g/mol. The lowest BCUT2D eigenvalue weighted by molar-refractivity contribution is 0.460. The maximum absolute atomic E-state index is 2.40. The lowest BCUT2D eigenvalue weighted by Crippen LogP contribution is -1.94. The van der Waals surface area contributed by atoms with Crippen molar-refractivity contribution in [1.82, 2.24) is 0 Å².